The minimum absolute atomic E-state index is 0.114. The summed E-state index contributed by atoms with van der Waals surface area (Å²) in [5, 5.41) is 15.1. The molecule has 0 aromatic heterocycles. The number of rotatable bonds is 4. The Labute approximate surface area is 134 Å². The summed E-state index contributed by atoms with van der Waals surface area (Å²) < 4.78 is 27.3. The molecule has 9 heteroatoms. The fourth-order valence-electron chi connectivity index (χ4n) is 1.89. The maximum atomic E-state index is 13.8. The molecule has 124 valence electrons. The Kier molecular flexibility index (Phi) is 4.83. The molecule has 0 aliphatic rings. The third kappa shape index (κ3) is 3.88. The van der Waals surface area contributed by atoms with Crippen LogP contribution in [0.5, 0.6) is 0 Å². The largest absolute Gasteiger partial charge is 0.324 e. The van der Waals surface area contributed by atoms with Crippen LogP contribution in [0.1, 0.15) is 17.3 Å². The van der Waals surface area contributed by atoms with Gasteiger partial charge in [-0.15, -0.1) is 0 Å². The van der Waals surface area contributed by atoms with Gasteiger partial charge in [-0.05, 0) is 24.3 Å². The topological polar surface area (TPSA) is 101 Å². The van der Waals surface area contributed by atoms with E-state index < -0.39 is 39.6 Å². The zero-order chi connectivity index (χ0) is 17.9. The summed E-state index contributed by atoms with van der Waals surface area (Å²) in [7, 11) is 0. The van der Waals surface area contributed by atoms with E-state index in [0.717, 1.165) is 24.3 Å². The van der Waals surface area contributed by atoms with Crippen molar-refractivity contribution in [2.45, 2.75) is 6.92 Å². The highest BCUT2D eigenvalue weighted by atomic mass is 19.1. The Hall–Kier alpha value is -3.36. The van der Waals surface area contributed by atoms with Gasteiger partial charge in [0.25, 0.3) is 11.6 Å². The summed E-state index contributed by atoms with van der Waals surface area (Å²) in [5.74, 6) is -3.14. The van der Waals surface area contributed by atoms with Crippen molar-refractivity contribution in [3.8, 4) is 0 Å². The van der Waals surface area contributed by atoms with E-state index in [1.807, 2.05) is 0 Å². The van der Waals surface area contributed by atoms with Gasteiger partial charge >= 0.3 is 0 Å². The van der Waals surface area contributed by atoms with Gasteiger partial charge < -0.3 is 10.6 Å². The van der Waals surface area contributed by atoms with E-state index >= 15 is 0 Å². The molecule has 2 rings (SSSR count). The molecular formula is C15H11F2N3O4. The van der Waals surface area contributed by atoms with Gasteiger partial charge in [0.15, 0.2) is 0 Å². The predicted octanol–water partition coefficient (Wildman–Crippen LogP) is 3.08. The second kappa shape index (κ2) is 6.82. The average Bonchev–Trinajstić information content (AvgIpc) is 2.49. The maximum Gasteiger partial charge on any atom is 0.272 e. The molecule has 0 aliphatic heterocycles. The van der Waals surface area contributed by atoms with Crippen LogP contribution in [0, 0.1) is 21.7 Å². The highest BCUT2D eigenvalue weighted by Crippen LogP contribution is 2.22. The van der Waals surface area contributed by atoms with Crippen LogP contribution >= 0.6 is 0 Å². The number of nitrogens with one attached hydrogen (secondary N) is 2. The Bertz CT molecular complexity index is 839. The molecule has 0 radical (unpaired) electrons. The third-order valence-corrected chi connectivity index (χ3v) is 2.94. The molecule has 2 N–H and O–H groups in total. The summed E-state index contributed by atoms with van der Waals surface area (Å²) in [5.41, 5.74) is -0.933. The molecule has 0 atom stereocenters. The second-order valence-electron chi connectivity index (χ2n) is 4.75. The molecule has 2 aromatic carbocycles. The number of nitrogens with zero attached hydrogens (tertiary/aromatic N) is 1. The Morgan fingerprint density at radius 3 is 2.33 bits per heavy atom. The lowest BCUT2D eigenvalue weighted by atomic mass is 10.1. The van der Waals surface area contributed by atoms with E-state index in [4.69, 9.17) is 0 Å². The monoisotopic (exact) mass is 335 g/mol. The van der Waals surface area contributed by atoms with E-state index in [1.54, 1.807) is 0 Å². The van der Waals surface area contributed by atoms with Gasteiger partial charge in [-0.1, -0.05) is 0 Å². The number of non-ortho nitro benzene ring substituents is 1. The Morgan fingerprint density at radius 1 is 1.04 bits per heavy atom. The zero-order valence-electron chi connectivity index (χ0n) is 12.3. The van der Waals surface area contributed by atoms with Crippen LogP contribution in [0.15, 0.2) is 36.4 Å². The van der Waals surface area contributed by atoms with Crippen molar-refractivity contribution >= 4 is 28.9 Å². The van der Waals surface area contributed by atoms with Crippen LogP contribution in [0.4, 0.5) is 25.8 Å². The molecule has 0 saturated carbocycles. The number of anilines is 2. The summed E-state index contributed by atoms with van der Waals surface area (Å²) in [4.78, 5) is 32.8. The number of nitro groups is 1. The molecule has 7 nitrogen and oxygen atoms in total. The predicted molar refractivity (Wildman–Crippen MR) is 81.7 cm³/mol. The van der Waals surface area contributed by atoms with Gasteiger partial charge in [0.05, 0.1) is 22.2 Å². The maximum absolute atomic E-state index is 13.8. The molecule has 0 spiro atoms. The molecule has 24 heavy (non-hydrogen) atoms. The van der Waals surface area contributed by atoms with Crippen LogP contribution in [-0.2, 0) is 4.79 Å². The first kappa shape index (κ1) is 17.0. The first-order valence-electron chi connectivity index (χ1n) is 6.60. The van der Waals surface area contributed by atoms with Gasteiger partial charge in [0, 0.05) is 18.7 Å². The number of amides is 2. The van der Waals surface area contributed by atoms with Gasteiger partial charge in [-0.25, -0.2) is 8.78 Å². The van der Waals surface area contributed by atoms with Crippen molar-refractivity contribution in [2.75, 3.05) is 10.6 Å². The minimum atomic E-state index is -1.06. The molecule has 0 bridgehead atoms. The van der Waals surface area contributed by atoms with E-state index in [1.165, 1.54) is 13.0 Å². The SMILES string of the molecule is CC(=O)Nc1cc(NC(=O)c2ccc([N+](=O)[O-])cc2F)ccc1F. The van der Waals surface area contributed by atoms with E-state index in [-0.39, 0.29) is 11.4 Å². The summed E-state index contributed by atoms with van der Waals surface area (Å²) >= 11 is 0. The van der Waals surface area contributed by atoms with Crippen LogP contribution < -0.4 is 10.6 Å². The van der Waals surface area contributed by atoms with Gasteiger partial charge in [-0.3, -0.25) is 19.7 Å². The van der Waals surface area contributed by atoms with E-state index in [9.17, 15) is 28.5 Å². The first-order chi connectivity index (χ1) is 11.3. The van der Waals surface area contributed by atoms with Crippen molar-refractivity contribution in [1.29, 1.82) is 0 Å². The first-order valence-corrected chi connectivity index (χ1v) is 6.60. The third-order valence-electron chi connectivity index (χ3n) is 2.94. The molecule has 2 amide bonds. The standard InChI is InChI=1S/C15H11F2N3O4/c1-8(21)18-14-6-9(2-5-12(14)16)19-15(22)11-4-3-10(20(23)24)7-13(11)17/h2-7H,1H3,(H,18,21)(H,19,22). The Morgan fingerprint density at radius 2 is 1.75 bits per heavy atom. The molecule has 0 heterocycles. The van der Waals surface area contributed by atoms with Crippen molar-refractivity contribution < 1.29 is 23.3 Å². The molecule has 0 fully saturated rings. The number of hydrogen-bond donors (Lipinski definition) is 2. The molecule has 0 unspecified atom stereocenters. The molecule has 2 aromatic rings. The summed E-state index contributed by atoms with van der Waals surface area (Å²) in [6, 6.07) is 6.00. The van der Waals surface area contributed by atoms with Crippen LogP contribution in [0.2, 0.25) is 0 Å². The van der Waals surface area contributed by atoms with Crippen molar-refractivity contribution in [1.82, 2.24) is 0 Å². The number of carbonyl (C=O) groups is 2. The number of nitro benzene ring substituents is 1. The van der Waals surface area contributed by atoms with Gasteiger partial charge in [0.1, 0.15) is 11.6 Å². The lowest BCUT2D eigenvalue weighted by Crippen LogP contribution is -2.15. The van der Waals surface area contributed by atoms with E-state index in [0.29, 0.717) is 6.07 Å². The fraction of sp³-hybridized carbons (Fsp3) is 0.0667. The smallest absolute Gasteiger partial charge is 0.272 e. The van der Waals surface area contributed by atoms with Crippen LogP contribution in [0.3, 0.4) is 0 Å². The summed E-state index contributed by atoms with van der Waals surface area (Å²) in [6.07, 6.45) is 0. The van der Waals surface area contributed by atoms with Gasteiger partial charge in [0.2, 0.25) is 5.91 Å². The number of carbonyl (C=O) groups excluding carboxylic acids is 2. The Balaban J connectivity index is 2.23. The van der Waals surface area contributed by atoms with Crippen molar-refractivity contribution in [3.05, 3.63) is 63.7 Å². The molecule has 0 aliphatic carbocycles. The average molecular weight is 335 g/mol. The van der Waals surface area contributed by atoms with Crippen molar-refractivity contribution in [3.63, 3.8) is 0 Å². The summed E-state index contributed by atoms with van der Waals surface area (Å²) in [6.45, 7) is 1.19. The highest BCUT2D eigenvalue weighted by molar-refractivity contribution is 6.05. The van der Waals surface area contributed by atoms with Crippen molar-refractivity contribution in [2.24, 2.45) is 0 Å². The number of hydrogen-bond acceptors (Lipinski definition) is 4. The normalized spacial score (nSPS) is 10.1. The molecule has 0 saturated heterocycles. The quantitative estimate of drug-likeness (QED) is 0.662. The second-order valence-corrected chi connectivity index (χ2v) is 4.75. The zero-order valence-corrected chi connectivity index (χ0v) is 12.3. The van der Waals surface area contributed by atoms with Crippen LogP contribution in [-0.4, -0.2) is 16.7 Å². The van der Waals surface area contributed by atoms with Gasteiger partial charge in [-0.2, -0.15) is 0 Å². The lowest BCUT2D eigenvalue weighted by Gasteiger charge is -2.09. The molecular weight excluding hydrogens is 324 g/mol. The minimum Gasteiger partial charge on any atom is -0.324 e. The van der Waals surface area contributed by atoms with Crippen LogP contribution in [0.25, 0.3) is 0 Å². The number of halogens is 2. The van der Waals surface area contributed by atoms with E-state index in [2.05, 4.69) is 10.6 Å². The fourth-order valence-corrected chi connectivity index (χ4v) is 1.89. The number of benzene rings is 2. The highest BCUT2D eigenvalue weighted by Gasteiger charge is 2.17. The lowest BCUT2D eigenvalue weighted by molar-refractivity contribution is -0.385.